The van der Waals surface area contributed by atoms with Gasteiger partial charge in [-0.1, -0.05) is 12.1 Å². The number of amides is 3. The largest absolute Gasteiger partial charge is 0.491 e. The van der Waals surface area contributed by atoms with E-state index in [4.69, 9.17) is 14.2 Å². The van der Waals surface area contributed by atoms with Crippen LogP contribution in [0.25, 0.3) is 0 Å². The van der Waals surface area contributed by atoms with Crippen molar-refractivity contribution in [2.75, 3.05) is 45.8 Å². The van der Waals surface area contributed by atoms with Crippen molar-refractivity contribution in [3.63, 3.8) is 0 Å². The number of methoxy groups -OCH3 is 2. The third kappa shape index (κ3) is 7.17. The summed E-state index contributed by atoms with van der Waals surface area (Å²) in [5.74, 6) is -0.314. The van der Waals surface area contributed by atoms with Crippen LogP contribution in [0.3, 0.4) is 0 Å². The average molecular weight is 486 g/mol. The van der Waals surface area contributed by atoms with Crippen LogP contribution in [-0.2, 0) is 9.47 Å². The lowest BCUT2D eigenvalue weighted by molar-refractivity contribution is 0.0601. The minimum atomic E-state index is -0.809. The van der Waals surface area contributed by atoms with E-state index < -0.39 is 24.1 Å². The molecule has 0 spiro atoms. The molecule has 3 N–H and O–H groups in total. The maximum absolute atomic E-state index is 13.0. The molecule has 0 bridgehead atoms. The van der Waals surface area contributed by atoms with Gasteiger partial charge in [0.05, 0.1) is 37.1 Å². The van der Waals surface area contributed by atoms with E-state index in [1.54, 1.807) is 55.6 Å². The van der Waals surface area contributed by atoms with Gasteiger partial charge in [-0.25, -0.2) is 9.59 Å². The molecule has 35 heavy (non-hydrogen) atoms. The van der Waals surface area contributed by atoms with Gasteiger partial charge < -0.3 is 34.9 Å². The van der Waals surface area contributed by atoms with E-state index >= 15 is 0 Å². The van der Waals surface area contributed by atoms with Crippen molar-refractivity contribution in [1.29, 1.82) is 0 Å². The number of likely N-dealkylation sites (tertiary alicyclic amines) is 1. The minimum absolute atomic E-state index is 0.108. The number of benzene rings is 2. The first-order valence-electron chi connectivity index (χ1n) is 11.4. The van der Waals surface area contributed by atoms with Crippen molar-refractivity contribution < 1.29 is 33.7 Å². The second-order valence-corrected chi connectivity index (χ2v) is 8.07. The lowest BCUT2D eigenvalue weighted by Crippen LogP contribution is -2.50. The van der Waals surface area contributed by atoms with Gasteiger partial charge in [-0.05, 0) is 49.2 Å². The van der Waals surface area contributed by atoms with Gasteiger partial charge in [-0.15, -0.1) is 0 Å². The Morgan fingerprint density at radius 3 is 2.51 bits per heavy atom. The SMILES string of the molecule is COCCOc1ccc(C(=O)N[C@@H]2CN(C(=O)Nc3ccccc3C(=O)OC)CCC[C@H]2O)cc1. The van der Waals surface area contributed by atoms with E-state index in [2.05, 4.69) is 10.6 Å². The van der Waals surface area contributed by atoms with E-state index in [0.29, 0.717) is 49.6 Å². The minimum Gasteiger partial charge on any atom is -0.491 e. The fourth-order valence-electron chi connectivity index (χ4n) is 3.74. The topological polar surface area (TPSA) is 126 Å². The summed E-state index contributed by atoms with van der Waals surface area (Å²) in [6, 6.07) is 12.1. The number of rotatable bonds is 8. The number of nitrogens with zero attached hydrogens (tertiary/aromatic N) is 1. The average Bonchev–Trinajstić information content (AvgIpc) is 3.05. The van der Waals surface area contributed by atoms with Gasteiger partial charge in [-0.2, -0.15) is 0 Å². The number of urea groups is 1. The molecular formula is C25H31N3O7. The zero-order valence-electron chi connectivity index (χ0n) is 19.9. The lowest BCUT2D eigenvalue weighted by atomic mass is 10.1. The molecule has 0 unspecified atom stereocenters. The number of esters is 1. The van der Waals surface area contributed by atoms with Crippen LogP contribution in [-0.4, -0.2) is 80.6 Å². The molecule has 1 fully saturated rings. The molecule has 2 aromatic rings. The number of carbonyl (C=O) groups is 3. The van der Waals surface area contributed by atoms with E-state index in [9.17, 15) is 19.5 Å². The quantitative estimate of drug-likeness (QED) is 0.387. The Bertz CT molecular complexity index is 1010. The van der Waals surface area contributed by atoms with E-state index in [1.807, 2.05) is 0 Å². The van der Waals surface area contributed by atoms with E-state index in [-0.39, 0.29) is 18.0 Å². The van der Waals surface area contributed by atoms with Crippen molar-refractivity contribution in [3.05, 3.63) is 59.7 Å². The maximum Gasteiger partial charge on any atom is 0.339 e. The van der Waals surface area contributed by atoms with Gasteiger partial charge in [0.25, 0.3) is 5.91 Å². The summed E-state index contributed by atoms with van der Waals surface area (Å²) >= 11 is 0. The summed E-state index contributed by atoms with van der Waals surface area (Å²) in [6.07, 6.45) is 0.183. The first-order chi connectivity index (χ1) is 16.9. The predicted octanol–water partition coefficient (Wildman–Crippen LogP) is 2.29. The highest BCUT2D eigenvalue weighted by atomic mass is 16.5. The van der Waals surface area contributed by atoms with Crippen LogP contribution in [0.5, 0.6) is 5.75 Å². The number of aliphatic hydroxyl groups excluding tert-OH is 1. The fraction of sp³-hybridized carbons (Fsp3) is 0.400. The van der Waals surface area contributed by atoms with Crippen LogP contribution in [0.15, 0.2) is 48.5 Å². The van der Waals surface area contributed by atoms with Crippen LogP contribution in [0.4, 0.5) is 10.5 Å². The van der Waals surface area contributed by atoms with Crippen LogP contribution in [0, 0.1) is 0 Å². The molecule has 1 saturated heterocycles. The normalized spacial score (nSPS) is 17.7. The Kier molecular flexibility index (Phi) is 9.45. The molecule has 2 aromatic carbocycles. The van der Waals surface area contributed by atoms with Gasteiger partial charge in [0.1, 0.15) is 12.4 Å². The van der Waals surface area contributed by atoms with Crippen molar-refractivity contribution in [2.45, 2.75) is 25.0 Å². The number of aliphatic hydroxyl groups is 1. The molecular weight excluding hydrogens is 454 g/mol. The Hall–Kier alpha value is -3.63. The van der Waals surface area contributed by atoms with Gasteiger partial charge >= 0.3 is 12.0 Å². The summed E-state index contributed by atoms with van der Waals surface area (Å²) in [7, 11) is 2.86. The third-order valence-corrected chi connectivity index (χ3v) is 5.66. The summed E-state index contributed by atoms with van der Waals surface area (Å²) in [6.45, 7) is 1.36. The summed E-state index contributed by atoms with van der Waals surface area (Å²) in [5, 5.41) is 16.2. The molecule has 1 heterocycles. The van der Waals surface area contributed by atoms with Crippen LogP contribution in [0.1, 0.15) is 33.6 Å². The second kappa shape index (κ2) is 12.7. The number of hydrogen-bond donors (Lipinski definition) is 3. The number of anilines is 1. The molecule has 10 nitrogen and oxygen atoms in total. The van der Waals surface area contributed by atoms with Crippen molar-refractivity contribution in [2.24, 2.45) is 0 Å². The smallest absolute Gasteiger partial charge is 0.339 e. The zero-order valence-corrected chi connectivity index (χ0v) is 19.9. The number of hydrogen-bond acceptors (Lipinski definition) is 7. The summed E-state index contributed by atoms with van der Waals surface area (Å²) < 4.78 is 15.2. The molecule has 1 aliphatic heterocycles. The predicted molar refractivity (Wildman–Crippen MR) is 129 cm³/mol. The van der Waals surface area contributed by atoms with Gasteiger partial charge in [-0.3, -0.25) is 4.79 Å². The molecule has 1 aliphatic rings. The molecule has 0 aromatic heterocycles. The first kappa shape index (κ1) is 26.0. The lowest BCUT2D eigenvalue weighted by Gasteiger charge is -2.27. The number of para-hydroxylation sites is 1. The fourth-order valence-corrected chi connectivity index (χ4v) is 3.74. The molecule has 0 saturated carbocycles. The summed E-state index contributed by atoms with van der Waals surface area (Å²) in [5.41, 5.74) is 0.962. The molecule has 0 radical (unpaired) electrons. The number of nitrogens with one attached hydrogen (secondary N) is 2. The number of carbonyl (C=O) groups excluding carboxylic acids is 3. The highest BCUT2D eigenvalue weighted by Gasteiger charge is 2.30. The third-order valence-electron chi connectivity index (χ3n) is 5.66. The van der Waals surface area contributed by atoms with Crippen molar-refractivity contribution in [3.8, 4) is 5.75 Å². The van der Waals surface area contributed by atoms with Gasteiger partial charge in [0.15, 0.2) is 0 Å². The monoisotopic (exact) mass is 485 g/mol. The van der Waals surface area contributed by atoms with Gasteiger partial charge in [0.2, 0.25) is 0 Å². The Labute approximate surface area is 204 Å². The highest BCUT2D eigenvalue weighted by molar-refractivity contribution is 6.00. The van der Waals surface area contributed by atoms with Crippen LogP contribution < -0.4 is 15.4 Å². The maximum atomic E-state index is 13.0. The highest BCUT2D eigenvalue weighted by Crippen LogP contribution is 2.19. The molecule has 3 rings (SSSR count). The standard InChI is InChI=1S/C25H31N3O7/c1-33-14-15-35-18-11-9-17(10-12-18)23(30)26-21-16-28(13-5-8-22(21)29)25(32)27-20-7-4-3-6-19(20)24(31)34-2/h3-4,6-7,9-12,21-22,29H,5,8,13-16H2,1-2H3,(H,26,30)(H,27,32)/t21-,22-/m1/s1. The summed E-state index contributed by atoms with van der Waals surface area (Å²) in [4.78, 5) is 39.3. The Morgan fingerprint density at radius 2 is 1.80 bits per heavy atom. The molecule has 10 heteroatoms. The van der Waals surface area contributed by atoms with Crippen LogP contribution >= 0.6 is 0 Å². The molecule has 0 aliphatic carbocycles. The Morgan fingerprint density at radius 1 is 1.06 bits per heavy atom. The molecule has 188 valence electrons. The second-order valence-electron chi connectivity index (χ2n) is 8.07. The van der Waals surface area contributed by atoms with Gasteiger partial charge in [0, 0.05) is 25.8 Å². The molecule has 3 amide bonds. The van der Waals surface area contributed by atoms with E-state index in [1.165, 1.54) is 12.0 Å². The first-order valence-corrected chi connectivity index (χ1v) is 11.4. The van der Waals surface area contributed by atoms with Crippen LogP contribution in [0.2, 0.25) is 0 Å². The Balaban J connectivity index is 1.64. The van der Waals surface area contributed by atoms with Crippen molar-refractivity contribution in [1.82, 2.24) is 10.2 Å². The van der Waals surface area contributed by atoms with Crippen molar-refractivity contribution >= 4 is 23.6 Å². The van der Waals surface area contributed by atoms with E-state index in [0.717, 1.165) is 0 Å². The molecule has 2 atom stereocenters. The zero-order chi connectivity index (χ0) is 25.2. The number of ether oxygens (including phenoxy) is 3.